The van der Waals surface area contributed by atoms with Crippen LogP contribution in [0.25, 0.3) is 0 Å². The molecule has 0 atom stereocenters. The SMILES string of the molecule is COc1ccc(Cl)cc1CC(=O)OCC(=O)Nc1ccc(Cl)cc1C. The van der Waals surface area contributed by atoms with E-state index in [4.69, 9.17) is 32.7 Å². The van der Waals surface area contributed by atoms with Crippen molar-refractivity contribution >= 4 is 40.8 Å². The lowest BCUT2D eigenvalue weighted by atomic mass is 10.1. The number of nitrogens with one attached hydrogen (secondary N) is 1. The van der Waals surface area contributed by atoms with E-state index < -0.39 is 11.9 Å². The van der Waals surface area contributed by atoms with Gasteiger partial charge in [0.25, 0.3) is 5.91 Å². The van der Waals surface area contributed by atoms with Crippen molar-refractivity contribution in [3.8, 4) is 5.75 Å². The maximum absolute atomic E-state index is 11.9. The van der Waals surface area contributed by atoms with Crippen molar-refractivity contribution in [1.29, 1.82) is 0 Å². The van der Waals surface area contributed by atoms with Crippen LogP contribution in [-0.4, -0.2) is 25.6 Å². The molecule has 0 radical (unpaired) electrons. The number of rotatable bonds is 6. The van der Waals surface area contributed by atoms with Gasteiger partial charge in [-0.05, 0) is 48.9 Å². The molecule has 2 aromatic rings. The molecular formula is C18H17Cl2NO4. The van der Waals surface area contributed by atoms with E-state index in [1.165, 1.54) is 7.11 Å². The van der Waals surface area contributed by atoms with Crippen molar-refractivity contribution in [3.05, 3.63) is 57.6 Å². The average molecular weight is 382 g/mol. The smallest absolute Gasteiger partial charge is 0.310 e. The topological polar surface area (TPSA) is 64.6 Å². The van der Waals surface area contributed by atoms with Gasteiger partial charge in [-0.25, -0.2) is 0 Å². The second kappa shape index (κ2) is 8.74. The Hall–Kier alpha value is -2.24. The van der Waals surface area contributed by atoms with Crippen LogP contribution >= 0.6 is 23.2 Å². The summed E-state index contributed by atoms with van der Waals surface area (Å²) in [6, 6.07) is 10.0. The Labute approximate surface area is 155 Å². The predicted molar refractivity (Wildman–Crippen MR) is 97.5 cm³/mol. The Balaban J connectivity index is 1.89. The highest BCUT2D eigenvalue weighted by atomic mass is 35.5. The van der Waals surface area contributed by atoms with Crippen LogP contribution in [-0.2, 0) is 20.7 Å². The normalized spacial score (nSPS) is 10.2. The number of amides is 1. The van der Waals surface area contributed by atoms with Crippen LogP contribution in [0.15, 0.2) is 36.4 Å². The van der Waals surface area contributed by atoms with E-state index in [2.05, 4.69) is 5.32 Å². The van der Waals surface area contributed by atoms with Gasteiger partial charge in [0.05, 0.1) is 13.5 Å². The molecule has 0 fully saturated rings. The molecule has 7 heteroatoms. The number of ether oxygens (including phenoxy) is 2. The van der Waals surface area contributed by atoms with Gasteiger partial charge in [-0.15, -0.1) is 0 Å². The maximum Gasteiger partial charge on any atom is 0.310 e. The standard InChI is InChI=1S/C18H17Cl2NO4/c1-11-7-13(19)3-5-15(11)21-17(22)10-25-18(23)9-12-8-14(20)4-6-16(12)24-2/h3-8H,9-10H2,1-2H3,(H,21,22). The summed E-state index contributed by atoms with van der Waals surface area (Å²) in [5, 5.41) is 3.73. The minimum atomic E-state index is -0.552. The van der Waals surface area contributed by atoms with Crippen LogP contribution in [0, 0.1) is 6.92 Å². The van der Waals surface area contributed by atoms with Crippen LogP contribution in [0.1, 0.15) is 11.1 Å². The molecule has 1 N–H and O–H groups in total. The largest absolute Gasteiger partial charge is 0.496 e. The molecule has 25 heavy (non-hydrogen) atoms. The minimum Gasteiger partial charge on any atom is -0.496 e. The molecular weight excluding hydrogens is 365 g/mol. The van der Waals surface area contributed by atoms with E-state index in [1.807, 2.05) is 6.92 Å². The lowest BCUT2D eigenvalue weighted by molar-refractivity contribution is -0.146. The second-order valence-corrected chi connectivity index (χ2v) is 6.17. The van der Waals surface area contributed by atoms with E-state index >= 15 is 0 Å². The summed E-state index contributed by atoms with van der Waals surface area (Å²) in [4.78, 5) is 23.9. The molecule has 0 bridgehead atoms. The molecule has 0 heterocycles. The quantitative estimate of drug-likeness (QED) is 0.766. The number of carbonyl (C=O) groups excluding carboxylic acids is 2. The monoisotopic (exact) mass is 381 g/mol. The maximum atomic E-state index is 11.9. The third-order valence-electron chi connectivity index (χ3n) is 3.40. The van der Waals surface area contributed by atoms with E-state index in [-0.39, 0.29) is 13.0 Å². The van der Waals surface area contributed by atoms with E-state index in [0.717, 1.165) is 5.56 Å². The van der Waals surface area contributed by atoms with Crippen molar-refractivity contribution in [2.75, 3.05) is 19.0 Å². The molecule has 0 spiro atoms. The van der Waals surface area contributed by atoms with Gasteiger partial charge in [0, 0.05) is 21.3 Å². The number of carbonyl (C=O) groups is 2. The van der Waals surface area contributed by atoms with E-state index in [9.17, 15) is 9.59 Å². The first-order valence-electron chi connectivity index (χ1n) is 7.43. The summed E-state index contributed by atoms with van der Waals surface area (Å²) in [5.74, 6) is -0.456. The molecule has 0 aromatic heterocycles. The number of esters is 1. The zero-order valence-corrected chi connectivity index (χ0v) is 15.3. The molecule has 1 amide bonds. The first kappa shape index (κ1) is 19.1. The molecule has 0 unspecified atom stereocenters. The highest BCUT2D eigenvalue weighted by molar-refractivity contribution is 6.31. The van der Waals surface area contributed by atoms with Crippen LogP contribution in [0.2, 0.25) is 10.0 Å². The summed E-state index contributed by atoms with van der Waals surface area (Å²) < 4.78 is 10.2. The molecule has 2 aromatic carbocycles. The van der Waals surface area contributed by atoms with Crippen LogP contribution in [0.5, 0.6) is 5.75 Å². The summed E-state index contributed by atoms with van der Waals surface area (Å²) in [6.07, 6.45) is -0.0447. The van der Waals surface area contributed by atoms with Gasteiger partial charge in [0.2, 0.25) is 0 Å². The highest BCUT2D eigenvalue weighted by Crippen LogP contribution is 2.23. The van der Waals surface area contributed by atoms with Crippen LogP contribution < -0.4 is 10.1 Å². The van der Waals surface area contributed by atoms with Crippen LogP contribution in [0.3, 0.4) is 0 Å². The number of anilines is 1. The van der Waals surface area contributed by atoms with E-state index in [1.54, 1.807) is 36.4 Å². The number of hydrogen-bond donors (Lipinski definition) is 1. The summed E-state index contributed by atoms with van der Waals surface area (Å²) in [6.45, 7) is 1.43. The second-order valence-electron chi connectivity index (χ2n) is 5.30. The molecule has 0 aliphatic rings. The highest BCUT2D eigenvalue weighted by Gasteiger charge is 2.13. The van der Waals surface area contributed by atoms with Crippen molar-refractivity contribution in [2.24, 2.45) is 0 Å². The Morgan fingerprint density at radius 1 is 1.08 bits per heavy atom. The average Bonchev–Trinajstić information content (AvgIpc) is 2.56. The zero-order valence-electron chi connectivity index (χ0n) is 13.8. The van der Waals surface area contributed by atoms with Crippen molar-refractivity contribution < 1.29 is 19.1 Å². The number of halogens is 2. The van der Waals surface area contributed by atoms with E-state index in [0.29, 0.717) is 27.0 Å². The molecule has 5 nitrogen and oxygen atoms in total. The molecule has 0 saturated heterocycles. The van der Waals surface area contributed by atoms with Crippen molar-refractivity contribution in [3.63, 3.8) is 0 Å². The molecule has 0 aliphatic heterocycles. The summed E-state index contributed by atoms with van der Waals surface area (Å²) in [5.41, 5.74) is 2.02. The third kappa shape index (κ3) is 5.66. The summed E-state index contributed by atoms with van der Waals surface area (Å²) in [7, 11) is 1.50. The van der Waals surface area contributed by atoms with Gasteiger partial charge in [0.1, 0.15) is 5.75 Å². The van der Waals surface area contributed by atoms with Crippen molar-refractivity contribution in [2.45, 2.75) is 13.3 Å². The lowest BCUT2D eigenvalue weighted by Gasteiger charge is -2.10. The number of methoxy groups -OCH3 is 1. The molecule has 0 saturated carbocycles. The number of aryl methyl sites for hydroxylation is 1. The molecule has 132 valence electrons. The van der Waals surface area contributed by atoms with Gasteiger partial charge in [0.15, 0.2) is 6.61 Å². The first-order valence-corrected chi connectivity index (χ1v) is 8.18. The number of benzene rings is 2. The Morgan fingerprint density at radius 3 is 2.44 bits per heavy atom. The van der Waals surface area contributed by atoms with Crippen LogP contribution in [0.4, 0.5) is 5.69 Å². The third-order valence-corrected chi connectivity index (χ3v) is 3.87. The van der Waals surface area contributed by atoms with Gasteiger partial charge >= 0.3 is 5.97 Å². The van der Waals surface area contributed by atoms with Crippen molar-refractivity contribution in [1.82, 2.24) is 0 Å². The Bertz CT molecular complexity index is 793. The molecule has 2 rings (SSSR count). The molecule has 0 aliphatic carbocycles. The fourth-order valence-corrected chi connectivity index (χ4v) is 2.61. The fourth-order valence-electron chi connectivity index (χ4n) is 2.19. The zero-order chi connectivity index (χ0) is 18.4. The van der Waals surface area contributed by atoms with Gasteiger partial charge in [-0.1, -0.05) is 23.2 Å². The van der Waals surface area contributed by atoms with Gasteiger partial charge in [-0.3, -0.25) is 9.59 Å². The Morgan fingerprint density at radius 2 is 1.76 bits per heavy atom. The van der Waals surface area contributed by atoms with Gasteiger partial charge < -0.3 is 14.8 Å². The fraction of sp³-hybridized carbons (Fsp3) is 0.222. The number of hydrogen-bond acceptors (Lipinski definition) is 4. The first-order chi connectivity index (χ1) is 11.9. The lowest BCUT2D eigenvalue weighted by Crippen LogP contribution is -2.22. The van der Waals surface area contributed by atoms with Gasteiger partial charge in [-0.2, -0.15) is 0 Å². The predicted octanol–water partition coefficient (Wildman–Crippen LogP) is 4.03. The Kier molecular flexibility index (Phi) is 6.67. The summed E-state index contributed by atoms with van der Waals surface area (Å²) >= 11 is 11.8. The minimum absolute atomic E-state index is 0.0447.